The van der Waals surface area contributed by atoms with E-state index in [2.05, 4.69) is 10.2 Å². The average molecular weight is 556 g/mol. The number of methoxy groups -OCH3 is 2. The molecule has 0 radical (unpaired) electrons. The van der Waals surface area contributed by atoms with Crippen molar-refractivity contribution in [2.45, 2.75) is 6.54 Å². The van der Waals surface area contributed by atoms with Crippen LogP contribution < -0.4 is 14.2 Å². The van der Waals surface area contributed by atoms with Gasteiger partial charge in [0.1, 0.15) is 17.3 Å². The summed E-state index contributed by atoms with van der Waals surface area (Å²) in [6, 6.07) is 23.7. The molecule has 0 unspecified atom stereocenters. The number of carbonyl (C=O) groups excluding carboxylic acids is 1. The zero-order valence-corrected chi connectivity index (χ0v) is 22.5. The third-order valence-electron chi connectivity index (χ3n) is 5.77. The van der Waals surface area contributed by atoms with E-state index >= 15 is 0 Å². The molecule has 0 bridgehead atoms. The minimum atomic E-state index is -0.264. The number of thioether (sulfide) groups is 1. The van der Waals surface area contributed by atoms with E-state index in [1.54, 1.807) is 42.8 Å². The van der Waals surface area contributed by atoms with Gasteiger partial charge in [-0.3, -0.25) is 9.69 Å². The molecule has 40 heavy (non-hydrogen) atoms. The summed E-state index contributed by atoms with van der Waals surface area (Å²) in [5.41, 5.74) is 1.39. The molecule has 1 saturated heterocycles. The van der Waals surface area contributed by atoms with Crippen molar-refractivity contribution in [3.05, 3.63) is 107 Å². The number of hydrogen-bond acceptors (Lipinski definition) is 9. The zero-order valence-electron chi connectivity index (χ0n) is 21.7. The number of benzene rings is 3. The Kier molecular flexibility index (Phi) is 8.17. The van der Waals surface area contributed by atoms with E-state index in [0.717, 1.165) is 11.3 Å². The molecule has 1 amide bonds. The Morgan fingerprint density at radius 2 is 1.68 bits per heavy atom. The first kappa shape index (κ1) is 26.6. The van der Waals surface area contributed by atoms with Crippen LogP contribution in [0.15, 0.2) is 105 Å². The Bertz CT molecular complexity index is 1560. The molecule has 1 aliphatic rings. The second kappa shape index (κ2) is 12.3. The van der Waals surface area contributed by atoms with Gasteiger partial charge in [0.15, 0.2) is 16.7 Å². The first-order valence-electron chi connectivity index (χ1n) is 12.2. The van der Waals surface area contributed by atoms with E-state index in [1.165, 1.54) is 30.9 Å². The van der Waals surface area contributed by atoms with E-state index in [9.17, 15) is 9.90 Å². The molecule has 0 saturated carbocycles. The maximum atomic E-state index is 13.4. The van der Waals surface area contributed by atoms with Gasteiger partial charge in [0.2, 0.25) is 5.75 Å². The molecule has 0 atom stereocenters. The summed E-state index contributed by atoms with van der Waals surface area (Å²) >= 11 is 1.18. The molecule has 3 aromatic carbocycles. The largest absolute Gasteiger partial charge is 0.502 e. The number of nitrogens with zero attached hydrogens (tertiary/aromatic N) is 3. The summed E-state index contributed by atoms with van der Waals surface area (Å²) < 4.78 is 21.8. The molecule has 0 spiro atoms. The van der Waals surface area contributed by atoms with E-state index in [-0.39, 0.29) is 29.7 Å². The number of phenols is 1. The number of para-hydroxylation sites is 1. The van der Waals surface area contributed by atoms with Crippen molar-refractivity contribution in [1.29, 1.82) is 0 Å². The topological polar surface area (TPSA) is 106 Å². The van der Waals surface area contributed by atoms with E-state index in [0.29, 0.717) is 27.1 Å². The van der Waals surface area contributed by atoms with Crippen molar-refractivity contribution in [2.24, 2.45) is 10.2 Å². The highest BCUT2D eigenvalue weighted by atomic mass is 32.2. The lowest BCUT2D eigenvalue weighted by molar-refractivity contribution is -0.122. The highest BCUT2D eigenvalue weighted by Gasteiger charge is 2.34. The van der Waals surface area contributed by atoms with Crippen LogP contribution >= 0.6 is 11.8 Å². The maximum absolute atomic E-state index is 13.4. The molecule has 5 rings (SSSR count). The minimum absolute atomic E-state index is 0.119. The SMILES string of the molecule is COc1cc(/C=C2\S/C(=N/N=C\c3cccc(Oc4ccccc4)c3)N(Cc3ccco3)C2=O)cc(OC)c1O. The molecule has 1 aromatic heterocycles. The number of furan rings is 1. The third kappa shape index (κ3) is 6.19. The van der Waals surface area contributed by atoms with E-state index in [4.69, 9.17) is 18.6 Å². The van der Waals surface area contributed by atoms with Gasteiger partial charge in [0.25, 0.3) is 5.91 Å². The summed E-state index contributed by atoms with van der Waals surface area (Å²) in [6.07, 6.45) is 4.83. The quantitative estimate of drug-likeness (QED) is 0.147. The monoisotopic (exact) mass is 555 g/mol. The average Bonchev–Trinajstić information content (AvgIpc) is 3.59. The van der Waals surface area contributed by atoms with Crippen molar-refractivity contribution < 1.29 is 28.5 Å². The van der Waals surface area contributed by atoms with Gasteiger partial charge in [0, 0.05) is 0 Å². The fraction of sp³-hybridized carbons (Fsp3) is 0.100. The van der Waals surface area contributed by atoms with Crippen molar-refractivity contribution in [3.8, 4) is 28.7 Å². The van der Waals surface area contributed by atoms with Gasteiger partial charge in [-0.05, 0) is 77.5 Å². The van der Waals surface area contributed by atoms with Gasteiger partial charge in [-0.15, -0.1) is 5.10 Å². The highest BCUT2D eigenvalue weighted by molar-refractivity contribution is 8.18. The van der Waals surface area contributed by atoms with Gasteiger partial charge < -0.3 is 23.7 Å². The number of aromatic hydroxyl groups is 1. The molecular weight excluding hydrogens is 530 g/mol. The van der Waals surface area contributed by atoms with Crippen LogP contribution in [0.25, 0.3) is 6.08 Å². The molecule has 202 valence electrons. The summed E-state index contributed by atoms with van der Waals surface area (Å²) in [4.78, 5) is 15.3. The zero-order chi connectivity index (χ0) is 27.9. The molecule has 9 nitrogen and oxygen atoms in total. The summed E-state index contributed by atoms with van der Waals surface area (Å²) in [5, 5.41) is 19.2. The summed E-state index contributed by atoms with van der Waals surface area (Å²) in [5.74, 6) is 2.07. The summed E-state index contributed by atoms with van der Waals surface area (Å²) in [7, 11) is 2.89. The van der Waals surface area contributed by atoms with Crippen molar-refractivity contribution in [1.82, 2.24) is 4.90 Å². The Labute approximate surface area is 235 Å². The minimum Gasteiger partial charge on any atom is -0.502 e. The van der Waals surface area contributed by atoms with Crippen LogP contribution in [-0.2, 0) is 11.3 Å². The van der Waals surface area contributed by atoms with Crippen LogP contribution in [0.3, 0.4) is 0 Å². The predicted octanol–water partition coefficient (Wildman–Crippen LogP) is 6.30. The van der Waals surface area contributed by atoms with Gasteiger partial charge in [-0.25, -0.2) is 0 Å². The van der Waals surface area contributed by atoms with Crippen LogP contribution in [0.1, 0.15) is 16.9 Å². The Balaban J connectivity index is 1.41. The molecule has 1 fully saturated rings. The highest BCUT2D eigenvalue weighted by Crippen LogP contribution is 2.40. The molecule has 2 heterocycles. The normalized spacial score (nSPS) is 15.3. The van der Waals surface area contributed by atoms with Crippen LogP contribution in [0, 0.1) is 0 Å². The molecule has 4 aromatic rings. The first-order chi connectivity index (χ1) is 19.5. The predicted molar refractivity (Wildman–Crippen MR) is 154 cm³/mol. The number of hydrogen-bond donors (Lipinski definition) is 1. The third-order valence-corrected chi connectivity index (χ3v) is 6.77. The van der Waals surface area contributed by atoms with Crippen molar-refractivity contribution in [2.75, 3.05) is 14.2 Å². The number of amidine groups is 1. The molecular formula is C30H25N3O6S. The Morgan fingerprint density at radius 3 is 2.38 bits per heavy atom. The van der Waals surface area contributed by atoms with Gasteiger partial charge in [-0.1, -0.05) is 30.3 Å². The van der Waals surface area contributed by atoms with Gasteiger partial charge in [-0.2, -0.15) is 5.10 Å². The van der Waals surface area contributed by atoms with Crippen LogP contribution in [0.4, 0.5) is 0 Å². The molecule has 1 N–H and O–H groups in total. The van der Waals surface area contributed by atoms with E-state index < -0.39 is 0 Å². The smallest absolute Gasteiger partial charge is 0.267 e. The number of phenolic OH excluding ortho intramolecular Hbond substituents is 1. The van der Waals surface area contributed by atoms with Crippen molar-refractivity contribution >= 4 is 35.1 Å². The maximum Gasteiger partial charge on any atom is 0.267 e. The van der Waals surface area contributed by atoms with Gasteiger partial charge in [0.05, 0.1) is 38.1 Å². The van der Waals surface area contributed by atoms with Gasteiger partial charge >= 0.3 is 0 Å². The van der Waals surface area contributed by atoms with E-state index in [1.807, 2.05) is 54.6 Å². The van der Waals surface area contributed by atoms with Crippen molar-refractivity contribution in [3.63, 3.8) is 0 Å². The van der Waals surface area contributed by atoms with Crippen LogP contribution in [0.5, 0.6) is 28.7 Å². The fourth-order valence-corrected chi connectivity index (χ4v) is 4.79. The lowest BCUT2D eigenvalue weighted by Crippen LogP contribution is -2.28. The Hall–Kier alpha value is -4.96. The lowest BCUT2D eigenvalue weighted by atomic mass is 10.1. The standard InChI is InChI=1S/C30H25N3O6S/c1-36-25-15-21(16-26(37-2)28(25)34)17-27-29(35)33(19-24-12-7-13-38-24)30(40-27)32-31-18-20-8-6-11-23(14-20)39-22-9-4-3-5-10-22/h3-18,34H,19H2,1-2H3/b27-17-,31-18-,32-30+. The number of rotatable bonds is 9. The molecule has 1 aliphatic heterocycles. The first-order valence-corrected chi connectivity index (χ1v) is 13.0. The second-order valence-electron chi connectivity index (χ2n) is 8.47. The fourth-order valence-electron chi connectivity index (χ4n) is 3.86. The van der Waals surface area contributed by atoms with Crippen LogP contribution in [0.2, 0.25) is 0 Å². The molecule has 0 aliphatic carbocycles. The second-order valence-corrected chi connectivity index (χ2v) is 9.48. The summed E-state index contributed by atoms with van der Waals surface area (Å²) in [6.45, 7) is 0.188. The number of carbonyl (C=O) groups is 1. The lowest BCUT2D eigenvalue weighted by Gasteiger charge is -2.12. The number of ether oxygens (including phenoxy) is 3. The van der Waals surface area contributed by atoms with Crippen LogP contribution in [-0.4, -0.2) is 41.5 Å². The molecule has 10 heteroatoms. The number of amides is 1. The Morgan fingerprint density at radius 1 is 0.925 bits per heavy atom.